The first kappa shape index (κ1) is 11.3. The zero-order valence-corrected chi connectivity index (χ0v) is 9.61. The molecule has 0 N–H and O–H groups in total. The number of thioether (sulfide) groups is 1. The van der Waals surface area contributed by atoms with Gasteiger partial charge in [0.05, 0.1) is 0 Å². The minimum Gasteiger partial charge on any atom is -0.293 e. The van der Waals surface area contributed by atoms with Gasteiger partial charge in [0.1, 0.15) is 6.17 Å². The third-order valence-electron chi connectivity index (χ3n) is 2.70. The van der Waals surface area contributed by atoms with Crippen LogP contribution < -0.4 is 0 Å². The van der Waals surface area contributed by atoms with Crippen molar-refractivity contribution in [2.75, 3.05) is 18.1 Å². The van der Waals surface area contributed by atoms with Crippen molar-refractivity contribution in [3.05, 3.63) is 0 Å². The molecule has 3 heteroatoms. The highest BCUT2D eigenvalue weighted by atomic mass is 32.2. The van der Waals surface area contributed by atoms with E-state index >= 15 is 0 Å². The van der Waals surface area contributed by atoms with Gasteiger partial charge in [-0.15, -0.1) is 0 Å². The van der Waals surface area contributed by atoms with E-state index in [-0.39, 0.29) is 0 Å². The van der Waals surface area contributed by atoms with Gasteiger partial charge in [0.25, 0.3) is 0 Å². The van der Waals surface area contributed by atoms with Crippen molar-refractivity contribution in [3.63, 3.8) is 0 Å². The Morgan fingerprint density at radius 3 is 2.38 bits per heavy atom. The second kappa shape index (κ2) is 5.20. The second-order valence-corrected chi connectivity index (χ2v) is 5.01. The molecule has 0 aromatic heterocycles. The van der Waals surface area contributed by atoms with Crippen LogP contribution in [0.2, 0.25) is 0 Å². The first-order valence-electron chi connectivity index (χ1n) is 5.12. The second-order valence-electron chi connectivity index (χ2n) is 3.94. The van der Waals surface area contributed by atoms with E-state index in [0.717, 1.165) is 11.5 Å². The van der Waals surface area contributed by atoms with E-state index in [1.165, 1.54) is 0 Å². The molecule has 1 aliphatic rings. The maximum Gasteiger partial charge on any atom is 0.112 e. The van der Waals surface area contributed by atoms with Gasteiger partial charge < -0.3 is 0 Å². The Kier molecular flexibility index (Phi) is 4.53. The molecule has 0 saturated carbocycles. The highest BCUT2D eigenvalue weighted by Gasteiger charge is 2.26. The third-order valence-corrected chi connectivity index (χ3v) is 4.14. The first-order valence-corrected chi connectivity index (χ1v) is 6.28. The fourth-order valence-electron chi connectivity index (χ4n) is 1.75. The highest BCUT2D eigenvalue weighted by Crippen LogP contribution is 2.22. The summed E-state index contributed by atoms with van der Waals surface area (Å²) >= 11 is 1.99. The lowest BCUT2D eigenvalue weighted by atomic mass is 10.2. The van der Waals surface area contributed by atoms with Crippen molar-refractivity contribution >= 4 is 11.8 Å². The Morgan fingerprint density at radius 2 is 1.92 bits per heavy atom. The summed E-state index contributed by atoms with van der Waals surface area (Å²) in [7, 11) is 0. The van der Waals surface area contributed by atoms with Gasteiger partial charge in [-0.2, -0.15) is 11.8 Å². The summed E-state index contributed by atoms with van der Waals surface area (Å²) in [4.78, 5) is 2.31. The molecule has 78 valence electrons. The summed E-state index contributed by atoms with van der Waals surface area (Å²) < 4.78 is 13.2. The van der Waals surface area contributed by atoms with Crippen LogP contribution in [0.4, 0.5) is 4.39 Å². The molecule has 1 aliphatic heterocycles. The SMILES string of the molecule is CCC(F)CN1C(C)CSCC1C. The molecule has 3 atom stereocenters. The molecule has 1 nitrogen and oxygen atoms in total. The smallest absolute Gasteiger partial charge is 0.112 e. The Labute approximate surface area is 85.1 Å². The topological polar surface area (TPSA) is 3.24 Å². The van der Waals surface area contributed by atoms with E-state index < -0.39 is 6.17 Å². The van der Waals surface area contributed by atoms with Gasteiger partial charge in [0.15, 0.2) is 0 Å². The van der Waals surface area contributed by atoms with E-state index in [2.05, 4.69) is 18.7 Å². The third kappa shape index (κ3) is 3.13. The van der Waals surface area contributed by atoms with Gasteiger partial charge in [0, 0.05) is 30.1 Å². The molecular formula is C10H20FNS. The highest BCUT2D eigenvalue weighted by molar-refractivity contribution is 7.99. The number of alkyl halides is 1. The number of halogens is 1. The van der Waals surface area contributed by atoms with Gasteiger partial charge in [-0.3, -0.25) is 4.90 Å². The number of nitrogens with zero attached hydrogens (tertiary/aromatic N) is 1. The number of hydrogen-bond acceptors (Lipinski definition) is 2. The largest absolute Gasteiger partial charge is 0.293 e. The van der Waals surface area contributed by atoms with Crippen LogP contribution in [0.15, 0.2) is 0 Å². The van der Waals surface area contributed by atoms with Crippen LogP contribution in [-0.4, -0.2) is 41.2 Å². The van der Waals surface area contributed by atoms with Crippen LogP contribution in [0.3, 0.4) is 0 Å². The summed E-state index contributed by atoms with van der Waals surface area (Å²) in [6.07, 6.45) is -0.00342. The van der Waals surface area contributed by atoms with Gasteiger partial charge in [-0.25, -0.2) is 4.39 Å². The standard InChI is InChI=1S/C10H20FNS/c1-4-10(11)5-12-8(2)6-13-7-9(12)3/h8-10H,4-7H2,1-3H3. The van der Waals surface area contributed by atoms with Crippen molar-refractivity contribution < 1.29 is 4.39 Å². The van der Waals surface area contributed by atoms with Crippen LogP contribution in [0.5, 0.6) is 0 Å². The minimum absolute atomic E-state index is 0.540. The van der Waals surface area contributed by atoms with Crippen molar-refractivity contribution in [3.8, 4) is 0 Å². The summed E-state index contributed by atoms with van der Waals surface area (Å²) in [6, 6.07) is 1.08. The molecule has 0 amide bonds. The first-order chi connectivity index (χ1) is 6.15. The molecule has 0 aromatic rings. The van der Waals surface area contributed by atoms with E-state index in [4.69, 9.17) is 0 Å². The van der Waals surface area contributed by atoms with Crippen molar-refractivity contribution in [2.45, 2.75) is 45.4 Å². The molecule has 0 bridgehead atoms. The minimum atomic E-state index is -0.645. The normalized spacial score (nSPS) is 33.2. The molecule has 13 heavy (non-hydrogen) atoms. The van der Waals surface area contributed by atoms with Crippen LogP contribution in [0.25, 0.3) is 0 Å². The van der Waals surface area contributed by atoms with Gasteiger partial charge in [0.2, 0.25) is 0 Å². The Hall–Kier alpha value is 0.240. The summed E-state index contributed by atoms with van der Waals surface area (Å²) in [5, 5.41) is 0. The average Bonchev–Trinajstić information content (AvgIpc) is 2.11. The van der Waals surface area contributed by atoms with Gasteiger partial charge in [-0.1, -0.05) is 6.92 Å². The molecule has 1 saturated heterocycles. The summed E-state index contributed by atoms with van der Waals surface area (Å²) in [5.74, 6) is 2.31. The average molecular weight is 205 g/mol. The van der Waals surface area contributed by atoms with Gasteiger partial charge in [-0.05, 0) is 20.3 Å². The lowest BCUT2D eigenvalue weighted by molar-refractivity contribution is 0.123. The monoisotopic (exact) mass is 205 g/mol. The Bertz CT molecular complexity index is 144. The van der Waals surface area contributed by atoms with E-state index in [1.54, 1.807) is 0 Å². The quantitative estimate of drug-likeness (QED) is 0.696. The zero-order valence-electron chi connectivity index (χ0n) is 8.79. The van der Waals surface area contributed by atoms with E-state index in [9.17, 15) is 4.39 Å². The van der Waals surface area contributed by atoms with Crippen LogP contribution in [0, 0.1) is 0 Å². The maximum atomic E-state index is 13.2. The lowest BCUT2D eigenvalue weighted by Crippen LogP contribution is -2.48. The van der Waals surface area contributed by atoms with E-state index in [0.29, 0.717) is 25.0 Å². The van der Waals surface area contributed by atoms with Crippen molar-refractivity contribution in [1.29, 1.82) is 0 Å². The maximum absolute atomic E-state index is 13.2. The van der Waals surface area contributed by atoms with Crippen LogP contribution >= 0.6 is 11.8 Å². The number of rotatable bonds is 3. The molecule has 0 spiro atoms. The fraction of sp³-hybridized carbons (Fsp3) is 1.00. The van der Waals surface area contributed by atoms with Crippen molar-refractivity contribution in [1.82, 2.24) is 4.90 Å². The lowest BCUT2D eigenvalue weighted by Gasteiger charge is -2.39. The van der Waals surface area contributed by atoms with Gasteiger partial charge >= 0.3 is 0 Å². The zero-order chi connectivity index (χ0) is 9.84. The summed E-state index contributed by atoms with van der Waals surface area (Å²) in [5.41, 5.74) is 0. The molecule has 1 rings (SSSR count). The molecule has 1 heterocycles. The predicted molar refractivity (Wildman–Crippen MR) is 58.1 cm³/mol. The summed E-state index contributed by atoms with van der Waals surface area (Å²) in [6.45, 7) is 6.94. The Balaban J connectivity index is 2.43. The molecule has 0 aromatic carbocycles. The van der Waals surface area contributed by atoms with Crippen LogP contribution in [-0.2, 0) is 0 Å². The van der Waals surface area contributed by atoms with E-state index in [1.807, 2.05) is 18.7 Å². The van der Waals surface area contributed by atoms with Crippen molar-refractivity contribution in [2.24, 2.45) is 0 Å². The molecule has 1 fully saturated rings. The number of hydrogen-bond donors (Lipinski definition) is 0. The predicted octanol–water partition coefficient (Wildman–Crippen LogP) is 2.56. The molecule has 0 aliphatic carbocycles. The fourth-order valence-corrected chi connectivity index (χ4v) is 2.95. The Morgan fingerprint density at radius 1 is 1.38 bits per heavy atom. The van der Waals surface area contributed by atoms with Crippen LogP contribution in [0.1, 0.15) is 27.2 Å². The molecule has 0 radical (unpaired) electrons. The molecule has 3 unspecified atom stereocenters. The molecular weight excluding hydrogens is 185 g/mol.